The van der Waals surface area contributed by atoms with Gasteiger partial charge in [-0.3, -0.25) is 0 Å². The Kier molecular flexibility index (Phi) is 2.37. The van der Waals surface area contributed by atoms with E-state index in [4.69, 9.17) is 10.00 Å². The van der Waals surface area contributed by atoms with Crippen molar-refractivity contribution in [3.63, 3.8) is 0 Å². The van der Waals surface area contributed by atoms with Gasteiger partial charge in [0, 0.05) is 6.20 Å². The van der Waals surface area contributed by atoms with Gasteiger partial charge in [-0.2, -0.15) is 5.26 Å². The molecule has 0 N–H and O–H groups in total. The molecule has 0 amide bonds. The molecule has 1 atom stereocenters. The Morgan fingerprint density at radius 3 is 2.71 bits per heavy atom. The van der Waals surface area contributed by atoms with Crippen molar-refractivity contribution in [3.8, 4) is 6.07 Å². The third-order valence-corrected chi connectivity index (χ3v) is 2.14. The molecular weight excluding hydrogens is 176 g/mol. The number of rotatable bonds is 2. The molecule has 0 bridgehead atoms. The predicted molar refractivity (Wildman–Crippen MR) is 51.7 cm³/mol. The van der Waals surface area contributed by atoms with Gasteiger partial charge in [0.2, 0.25) is 0 Å². The highest BCUT2D eigenvalue weighted by atomic mass is 16.5. The van der Waals surface area contributed by atoms with Crippen LogP contribution in [0.1, 0.15) is 11.6 Å². The first kappa shape index (κ1) is 8.64. The van der Waals surface area contributed by atoms with Gasteiger partial charge >= 0.3 is 0 Å². The summed E-state index contributed by atoms with van der Waals surface area (Å²) < 4.78 is 5.06. The highest BCUT2D eigenvalue weighted by Gasteiger charge is 2.19. The summed E-state index contributed by atoms with van der Waals surface area (Å²) in [4.78, 5) is 1.86. The van der Waals surface area contributed by atoms with Crippen molar-refractivity contribution < 1.29 is 4.74 Å². The van der Waals surface area contributed by atoms with Gasteiger partial charge < -0.3 is 9.64 Å². The Hall–Kier alpha value is -1.95. The van der Waals surface area contributed by atoms with E-state index in [0.29, 0.717) is 6.73 Å². The molecular formula is C11H10N2O. The largest absolute Gasteiger partial charge is 0.479 e. The molecule has 0 aromatic heterocycles. The summed E-state index contributed by atoms with van der Waals surface area (Å²) in [6, 6.07) is 11.7. The van der Waals surface area contributed by atoms with E-state index in [2.05, 4.69) is 6.07 Å². The Bertz CT molecular complexity index is 367. The van der Waals surface area contributed by atoms with Crippen molar-refractivity contribution in [1.29, 1.82) is 5.26 Å². The zero-order valence-electron chi connectivity index (χ0n) is 7.63. The second-order valence-corrected chi connectivity index (χ2v) is 3.04. The molecule has 70 valence electrons. The van der Waals surface area contributed by atoms with E-state index in [1.54, 1.807) is 12.5 Å². The monoisotopic (exact) mass is 186 g/mol. The summed E-state index contributed by atoms with van der Waals surface area (Å²) in [7, 11) is 0. The van der Waals surface area contributed by atoms with Crippen LogP contribution in [-0.4, -0.2) is 11.6 Å². The van der Waals surface area contributed by atoms with Crippen LogP contribution in [0.4, 0.5) is 0 Å². The molecule has 3 nitrogen and oxygen atoms in total. The fraction of sp³-hybridized carbons (Fsp3) is 0.182. The lowest BCUT2D eigenvalue weighted by molar-refractivity contribution is 0.155. The highest BCUT2D eigenvalue weighted by molar-refractivity contribution is 5.24. The fourth-order valence-electron chi connectivity index (χ4n) is 1.43. The second-order valence-electron chi connectivity index (χ2n) is 3.04. The molecule has 1 aromatic carbocycles. The number of benzene rings is 1. The maximum absolute atomic E-state index is 9.06. The lowest BCUT2D eigenvalue weighted by atomic mass is 10.1. The topological polar surface area (TPSA) is 36.3 Å². The van der Waals surface area contributed by atoms with Gasteiger partial charge in [-0.15, -0.1) is 0 Å². The minimum absolute atomic E-state index is 0.255. The molecule has 1 aliphatic rings. The van der Waals surface area contributed by atoms with Crippen LogP contribution < -0.4 is 0 Å². The molecule has 0 saturated carbocycles. The maximum atomic E-state index is 9.06. The van der Waals surface area contributed by atoms with Crippen LogP contribution in [0.25, 0.3) is 0 Å². The first-order valence-corrected chi connectivity index (χ1v) is 4.40. The summed E-state index contributed by atoms with van der Waals surface area (Å²) >= 11 is 0. The van der Waals surface area contributed by atoms with Gasteiger partial charge in [0.1, 0.15) is 12.3 Å². The maximum Gasteiger partial charge on any atom is 0.161 e. The van der Waals surface area contributed by atoms with Crippen LogP contribution >= 0.6 is 0 Å². The van der Waals surface area contributed by atoms with Gasteiger partial charge in [-0.25, -0.2) is 0 Å². The molecule has 0 saturated heterocycles. The number of ether oxygens (including phenoxy) is 1. The summed E-state index contributed by atoms with van der Waals surface area (Å²) in [6.07, 6.45) is 3.40. The summed E-state index contributed by atoms with van der Waals surface area (Å²) in [6.45, 7) is 0.452. The predicted octanol–water partition coefficient (Wildman–Crippen LogP) is 2.01. The zero-order chi connectivity index (χ0) is 9.80. The molecule has 1 aliphatic heterocycles. The zero-order valence-corrected chi connectivity index (χ0v) is 7.63. The Labute approximate surface area is 82.8 Å². The van der Waals surface area contributed by atoms with Crippen molar-refractivity contribution in [3.05, 3.63) is 48.4 Å². The van der Waals surface area contributed by atoms with E-state index in [1.807, 2.05) is 35.2 Å². The molecule has 0 radical (unpaired) electrons. The third-order valence-electron chi connectivity index (χ3n) is 2.14. The highest BCUT2D eigenvalue weighted by Crippen LogP contribution is 2.21. The van der Waals surface area contributed by atoms with Gasteiger partial charge in [-0.1, -0.05) is 30.3 Å². The van der Waals surface area contributed by atoms with E-state index in [-0.39, 0.29) is 6.04 Å². The number of nitrogens with zero attached hydrogens (tertiary/aromatic N) is 2. The number of hydrogen-bond acceptors (Lipinski definition) is 3. The number of nitriles is 1. The smallest absolute Gasteiger partial charge is 0.161 e. The first-order valence-electron chi connectivity index (χ1n) is 4.40. The van der Waals surface area contributed by atoms with Crippen molar-refractivity contribution in [2.75, 3.05) is 6.73 Å². The van der Waals surface area contributed by atoms with E-state index in [1.165, 1.54) is 0 Å². The molecule has 0 spiro atoms. The Balaban J connectivity index is 2.22. The first-order chi connectivity index (χ1) is 6.92. The number of hydrogen-bond donors (Lipinski definition) is 0. The average molecular weight is 186 g/mol. The van der Waals surface area contributed by atoms with Crippen LogP contribution in [-0.2, 0) is 4.74 Å². The fourth-order valence-corrected chi connectivity index (χ4v) is 1.43. The second kappa shape index (κ2) is 3.84. The molecule has 1 heterocycles. The minimum atomic E-state index is -0.255. The summed E-state index contributed by atoms with van der Waals surface area (Å²) in [5, 5.41) is 9.06. The lowest BCUT2D eigenvalue weighted by Gasteiger charge is -2.20. The van der Waals surface area contributed by atoms with E-state index < -0.39 is 0 Å². The van der Waals surface area contributed by atoms with E-state index >= 15 is 0 Å². The lowest BCUT2D eigenvalue weighted by Crippen LogP contribution is -2.20. The summed E-state index contributed by atoms with van der Waals surface area (Å²) in [5.41, 5.74) is 0.991. The SMILES string of the molecule is N#CC(c1ccccc1)N1C=COC1. The molecule has 3 heteroatoms. The quantitative estimate of drug-likeness (QED) is 0.708. The Morgan fingerprint density at radius 2 is 2.14 bits per heavy atom. The average Bonchev–Trinajstić information content (AvgIpc) is 2.74. The molecule has 1 aromatic rings. The van der Waals surface area contributed by atoms with Crippen LogP contribution in [0.5, 0.6) is 0 Å². The van der Waals surface area contributed by atoms with Crippen molar-refractivity contribution in [1.82, 2.24) is 4.90 Å². The van der Waals surface area contributed by atoms with Crippen molar-refractivity contribution in [2.45, 2.75) is 6.04 Å². The third kappa shape index (κ3) is 1.55. The van der Waals surface area contributed by atoms with Gasteiger partial charge in [-0.05, 0) is 5.56 Å². The van der Waals surface area contributed by atoms with Gasteiger partial charge in [0.25, 0.3) is 0 Å². The van der Waals surface area contributed by atoms with Gasteiger partial charge in [0.05, 0.1) is 6.07 Å². The molecule has 0 aliphatic carbocycles. The van der Waals surface area contributed by atoms with Gasteiger partial charge in [0.15, 0.2) is 6.73 Å². The van der Waals surface area contributed by atoms with E-state index in [0.717, 1.165) is 5.56 Å². The van der Waals surface area contributed by atoms with Crippen LogP contribution in [0.15, 0.2) is 42.8 Å². The minimum Gasteiger partial charge on any atom is -0.479 e. The normalized spacial score (nSPS) is 16.1. The van der Waals surface area contributed by atoms with Crippen LogP contribution in [0.2, 0.25) is 0 Å². The molecule has 1 unspecified atom stereocenters. The molecule has 2 rings (SSSR count). The van der Waals surface area contributed by atoms with Crippen molar-refractivity contribution >= 4 is 0 Å². The standard InChI is InChI=1S/C11H10N2O/c12-8-11(13-6-7-14-9-13)10-4-2-1-3-5-10/h1-7,11H,9H2. The van der Waals surface area contributed by atoms with Crippen molar-refractivity contribution in [2.24, 2.45) is 0 Å². The van der Waals surface area contributed by atoms with Crippen LogP contribution in [0, 0.1) is 11.3 Å². The molecule has 14 heavy (non-hydrogen) atoms. The van der Waals surface area contributed by atoms with Crippen LogP contribution in [0.3, 0.4) is 0 Å². The summed E-state index contributed by atoms with van der Waals surface area (Å²) in [5.74, 6) is 0. The molecule has 0 fully saturated rings. The van der Waals surface area contributed by atoms with E-state index in [9.17, 15) is 0 Å². The Morgan fingerprint density at radius 1 is 1.36 bits per heavy atom.